The van der Waals surface area contributed by atoms with E-state index in [0.717, 1.165) is 24.7 Å². The van der Waals surface area contributed by atoms with E-state index in [4.69, 9.17) is 12.2 Å². The maximum absolute atomic E-state index is 5.48. The van der Waals surface area contributed by atoms with Crippen LogP contribution in [0.3, 0.4) is 0 Å². The predicted octanol–water partition coefficient (Wildman–Crippen LogP) is 0.732. The lowest BCUT2D eigenvalue weighted by atomic mass is 10.1. The number of nitrogens with zero attached hydrogens (tertiary/aromatic N) is 1. The fourth-order valence-corrected chi connectivity index (χ4v) is 3.16. The van der Waals surface area contributed by atoms with Crippen LogP contribution in [0, 0.1) is 6.92 Å². The van der Waals surface area contributed by atoms with Crippen molar-refractivity contribution in [2.75, 3.05) is 26.2 Å². The Morgan fingerprint density at radius 1 is 1.35 bits per heavy atom. The predicted molar refractivity (Wildman–Crippen MR) is 85.9 cm³/mol. The Morgan fingerprint density at radius 3 is 2.75 bits per heavy atom. The van der Waals surface area contributed by atoms with Gasteiger partial charge in [0.05, 0.1) is 26.2 Å². The fourth-order valence-electron chi connectivity index (χ4n) is 2.81. The number of aryl methyl sites for hydroxylation is 1. The van der Waals surface area contributed by atoms with Crippen molar-refractivity contribution in [1.29, 1.82) is 0 Å². The summed E-state index contributed by atoms with van der Waals surface area (Å²) in [5, 5.41) is 4.42. The van der Waals surface area contributed by atoms with Crippen LogP contribution in [-0.4, -0.2) is 42.2 Å². The zero-order chi connectivity index (χ0) is 13.9. The second-order valence-corrected chi connectivity index (χ2v) is 6.51. The molecule has 0 spiro atoms. The lowest BCUT2D eigenvalue weighted by Crippen LogP contribution is -3.13. The van der Waals surface area contributed by atoms with Gasteiger partial charge in [0.25, 0.3) is 0 Å². The van der Waals surface area contributed by atoms with Crippen molar-refractivity contribution in [1.82, 2.24) is 10.2 Å². The third-order valence-corrected chi connectivity index (χ3v) is 4.58. The first-order chi connectivity index (χ1) is 9.70. The van der Waals surface area contributed by atoms with E-state index in [1.54, 1.807) is 4.90 Å². The number of benzene rings is 1. The van der Waals surface area contributed by atoms with E-state index in [1.165, 1.54) is 37.1 Å². The van der Waals surface area contributed by atoms with Crippen molar-refractivity contribution in [3.63, 3.8) is 0 Å². The monoisotopic (exact) mass is 290 g/mol. The molecule has 0 bridgehead atoms. The van der Waals surface area contributed by atoms with E-state index >= 15 is 0 Å². The van der Waals surface area contributed by atoms with Gasteiger partial charge in [0.2, 0.25) is 0 Å². The number of hydrogen-bond acceptors (Lipinski definition) is 1. The van der Waals surface area contributed by atoms with Crippen molar-refractivity contribution in [3.8, 4) is 0 Å². The summed E-state index contributed by atoms with van der Waals surface area (Å²) in [6.07, 6.45) is 2.58. The van der Waals surface area contributed by atoms with Crippen LogP contribution in [0.25, 0.3) is 0 Å². The lowest BCUT2D eigenvalue weighted by molar-refractivity contribution is -0.917. The van der Waals surface area contributed by atoms with Crippen LogP contribution in [0.4, 0.5) is 0 Å². The number of piperazine rings is 1. The second-order valence-electron chi connectivity index (χ2n) is 6.13. The maximum Gasteiger partial charge on any atom is 0.169 e. The lowest BCUT2D eigenvalue weighted by Gasteiger charge is -2.34. The van der Waals surface area contributed by atoms with Gasteiger partial charge >= 0.3 is 0 Å². The first-order valence-electron chi connectivity index (χ1n) is 7.65. The van der Waals surface area contributed by atoms with Crippen molar-refractivity contribution >= 4 is 17.3 Å². The summed E-state index contributed by atoms with van der Waals surface area (Å²) in [6, 6.07) is 9.54. The third-order valence-electron chi connectivity index (χ3n) is 4.20. The highest BCUT2D eigenvalue weighted by molar-refractivity contribution is 7.80. The molecule has 2 aliphatic rings. The molecule has 0 unspecified atom stereocenters. The summed E-state index contributed by atoms with van der Waals surface area (Å²) in [5.41, 5.74) is 2.81. The molecule has 0 atom stereocenters. The Kier molecular flexibility index (Phi) is 4.22. The molecule has 1 aliphatic carbocycles. The molecule has 20 heavy (non-hydrogen) atoms. The number of hydrogen-bond donors (Lipinski definition) is 2. The van der Waals surface area contributed by atoms with E-state index in [0.29, 0.717) is 6.04 Å². The minimum Gasteiger partial charge on any atom is -0.360 e. The molecule has 1 aromatic rings. The van der Waals surface area contributed by atoms with Crippen LogP contribution in [0.2, 0.25) is 0 Å². The molecular weight excluding hydrogens is 266 g/mol. The van der Waals surface area contributed by atoms with Crippen LogP contribution in [0.15, 0.2) is 24.3 Å². The first kappa shape index (κ1) is 13.8. The average molecular weight is 290 g/mol. The fraction of sp³-hybridized carbons (Fsp3) is 0.562. The van der Waals surface area contributed by atoms with E-state index in [9.17, 15) is 0 Å². The highest BCUT2D eigenvalue weighted by Crippen LogP contribution is 2.18. The van der Waals surface area contributed by atoms with Gasteiger partial charge in [0, 0.05) is 11.6 Å². The van der Waals surface area contributed by atoms with Crippen LogP contribution in [0.1, 0.15) is 24.0 Å². The zero-order valence-corrected chi connectivity index (χ0v) is 13.0. The molecule has 1 heterocycles. The van der Waals surface area contributed by atoms with Gasteiger partial charge < -0.3 is 15.1 Å². The van der Waals surface area contributed by atoms with E-state index < -0.39 is 0 Å². The van der Waals surface area contributed by atoms with Gasteiger partial charge in [0.1, 0.15) is 6.54 Å². The normalized spacial score (nSPS) is 19.9. The Hall–Kier alpha value is -1.13. The third kappa shape index (κ3) is 3.70. The molecule has 1 saturated heterocycles. The highest BCUT2D eigenvalue weighted by atomic mass is 32.1. The molecule has 0 radical (unpaired) electrons. The Bertz CT molecular complexity index is 476. The molecule has 1 saturated carbocycles. The SMILES string of the molecule is Cc1cccc(C[NH+]2CCN(C(=S)NC3CC3)CC2)c1. The molecule has 2 fully saturated rings. The Morgan fingerprint density at radius 2 is 2.10 bits per heavy atom. The standard InChI is InChI=1S/C16H23N3S/c1-13-3-2-4-14(11-13)12-18-7-9-19(10-8-18)16(20)17-15-5-6-15/h2-4,11,15H,5-10,12H2,1H3,(H,17,20)/p+1. The van der Waals surface area contributed by atoms with Crippen molar-refractivity contribution < 1.29 is 4.90 Å². The quantitative estimate of drug-likeness (QED) is 0.801. The Balaban J connectivity index is 1.47. The smallest absolute Gasteiger partial charge is 0.169 e. The number of nitrogens with one attached hydrogen (secondary N) is 2. The van der Waals surface area contributed by atoms with E-state index in [2.05, 4.69) is 41.4 Å². The summed E-state index contributed by atoms with van der Waals surface area (Å²) in [7, 11) is 0. The van der Waals surface area contributed by atoms with E-state index in [1.807, 2.05) is 0 Å². The molecule has 0 amide bonds. The van der Waals surface area contributed by atoms with Gasteiger partial charge in [-0.05, 0) is 32.0 Å². The average Bonchev–Trinajstić information content (AvgIpc) is 3.23. The second kappa shape index (κ2) is 6.10. The topological polar surface area (TPSA) is 19.7 Å². The van der Waals surface area contributed by atoms with Gasteiger partial charge in [0.15, 0.2) is 5.11 Å². The van der Waals surface area contributed by atoms with E-state index in [-0.39, 0.29) is 0 Å². The molecule has 0 aromatic heterocycles. The summed E-state index contributed by atoms with van der Waals surface area (Å²) < 4.78 is 0. The molecule has 1 aromatic carbocycles. The number of quaternary nitrogens is 1. The number of thiocarbonyl (C=S) groups is 1. The van der Waals surface area contributed by atoms with Gasteiger partial charge in [-0.2, -0.15) is 0 Å². The van der Waals surface area contributed by atoms with Crippen LogP contribution < -0.4 is 10.2 Å². The maximum atomic E-state index is 5.48. The van der Waals surface area contributed by atoms with Crippen LogP contribution in [0.5, 0.6) is 0 Å². The largest absolute Gasteiger partial charge is 0.360 e. The molecular formula is C16H24N3S+. The first-order valence-corrected chi connectivity index (χ1v) is 8.06. The molecule has 108 valence electrons. The summed E-state index contributed by atoms with van der Waals surface area (Å²) >= 11 is 5.48. The van der Waals surface area contributed by atoms with Gasteiger partial charge in [-0.3, -0.25) is 0 Å². The van der Waals surface area contributed by atoms with Crippen molar-refractivity contribution in [2.45, 2.75) is 32.4 Å². The molecule has 4 heteroatoms. The molecule has 1 aliphatic heterocycles. The van der Waals surface area contributed by atoms with Crippen LogP contribution in [-0.2, 0) is 6.54 Å². The minimum absolute atomic E-state index is 0.667. The van der Waals surface area contributed by atoms with Crippen molar-refractivity contribution in [2.24, 2.45) is 0 Å². The summed E-state index contributed by atoms with van der Waals surface area (Å²) in [5.74, 6) is 0. The van der Waals surface area contributed by atoms with Crippen molar-refractivity contribution in [3.05, 3.63) is 35.4 Å². The molecule has 2 N–H and O–H groups in total. The van der Waals surface area contributed by atoms with Gasteiger partial charge in [-0.1, -0.05) is 29.8 Å². The highest BCUT2D eigenvalue weighted by Gasteiger charge is 2.26. The molecule has 3 nitrogen and oxygen atoms in total. The minimum atomic E-state index is 0.667. The summed E-state index contributed by atoms with van der Waals surface area (Å²) in [6.45, 7) is 7.83. The number of rotatable bonds is 3. The molecule has 3 rings (SSSR count). The Labute approximate surface area is 126 Å². The van der Waals surface area contributed by atoms with Crippen LogP contribution >= 0.6 is 12.2 Å². The zero-order valence-electron chi connectivity index (χ0n) is 12.2. The van der Waals surface area contributed by atoms with Gasteiger partial charge in [-0.15, -0.1) is 0 Å². The van der Waals surface area contributed by atoms with Gasteiger partial charge in [-0.25, -0.2) is 0 Å². The summed E-state index contributed by atoms with van der Waals surface area (Å²) in [4.78, 5) is 4.01.